The summed E-state index contributed by atoms with van der Waals surface area (Å²) in [6.07, 6.45) is 0.581. The zero-order valence-corrected chi connectivity index (χ0v) is 18.8. The normalized spacial score (nSPS) is 11.0. The molecule has 0 spiro atoms. The van der Waals surface area contributed by atoms with Crippen molar-refractivity contribution in [2.75, 3.05) is 17.9 Å². The van der Waals surface area contributed by atoms with Gasteiger partial charge in [0.15, 0.2) is 6.61 Å². The minimum atomic E-state index is -4.02. The molecule has 0 aliphatic heterocycles. The molecule has 10 heteroatoms. The standard InChI is InChI=1S/C23H20ClFN2O5S/c24-18-6-4-16(5-7-18)12-13-26-22(28)15-32-23(29)17-2-1-3-21(14-17)33(30,31)27-20-10-8-19(25)9-11-20/h1-11,14,27H,12-13,15H2,(H,26,28). The zero-order valence-electron chi connectivity index (χ0n) is 17.3. The molecule has 3 rings (SSSR count). The molecule has 0 aliphatic rings. The summed E-state index contributed by atoms with van der Waals surface area (Å²) in [6.45, 7) is -0.162. The first-order valence-electron chi connectivity index (χ1n) is 9.80. The Kier molecular flexibility index (Phi) is 8.02. The van der Waals surface area contributed by atoms with Crippen LogP contribution in [0.5, 0.6) is 0 Å². The molecule has 1 amide bonds. The Bertz CT molecular complexity index is 1230. The maximum Gasteiger partial charge on any atom is 0.338 e. The molecule has 0 unspecified atom stereocenters. The molecular formula is C23H20ClFN2O5S. The van der Waals surface area contributed by atoms with E-state index in [9.17, 15) is 22.4 Å². The van der Waals surface area contributed by atoms with Crippen LogP contribution in [0.1, 0.15) is 15.9 Å². The van der Waals surface area contributed by atoms with Gasteiger partial charge >= 0.3 is 5.97 Å². The summed E-state index contributed by atoms with van der Waals surface area (Å²) < 4.78 is 45.4. The minimum Gasteiger partial charge on any atom is -0.452 e. The van der Waals surface area contributed by atoms with Crippen LogP contribution < -0.4 is 10.0 Å². The Labute approximate surface area is 195 Å². The second-order valence-corrected chi connectivity index (χ2v) is 9.06. The van der Waals surface area contributed by atoms with Gasteiger partial charge in [-0.3, -0.25) is 9.52 Å². The third-order valence-electron chi connectivity index (χ3n) is 4.46. The van der Waals surface area contributed by atoms with Crippen LogP contribution in [-0.2, 0) is 26.0 Å². The van der Waals surface area contributed by atoms with Crippen molar-refractivity contribution in [3.8, 4) is 0 Å². The fourth-order valence-electron chi connectivity index (χ4n) is 2.79. The lowest BCUT2D eigenvalue weighted by Crippen LogP contribution is -2.30. The van der Waals surface area contributed by atoms with Gasteiger partial charge in [0.1, 0.15) is 5.82 Å². The predicted octanol–water partition coefficient (Wildman–Crippen LogP) is 3.80. The summed E-state index contributed by atoms with van der Waals surface area (Å²) in [6, 6.07) is 17.2. The molecule has 3 aromatic rings. The first-order valence-corrected chi connectivity index (χ1v) is 11.7. The van der Waals surface area contributed by atoms with Gasteiger partial charge in [-0.2, -0.15) is 0 Å². The van der Waals surface area contributed by atoms with E-state index in [1.807, 2.05) is 12.1 Å². The van der Waals surface area contributed by atoms with Crippen LogP contribution >= 0.6 is 11.6 Å². The maximum absolute atomic E-state index is 13.0. The van der Waals surface area contributed by atoms with E-state index in [-0.39, 0.29) is 16.1 Å². The van der Waals surface area contributed by atoms with E-state index >= 15 is 0 Å². The number of hydrogen-bond acceptors (Lipinski definition) is 5. The van der Waals surface area contributed by atoms with Crippen LogP contribution in [0.3, 0.4) is 0 Å². The average Bonchev–Trinajstić information content (AvgIpc) is 2.80. The molecule has 0 fully saturated rings. The van der Waals surface area contributed by atoms with Crippen molar-refractivity contribution in [1.29, 1.82) is 0 Å². The minimum absolute atomic E-state index is 0.0362. The molecule has 0 heterocycles. The van der Waals surface area contributed by atoms with Gasteiger partial charge in [-0.05, 0) is 66.6 Å². The lowest BCUT2D eigenvalue weighted by molar-refractivity contribution is -0.124. The lowest BCUT2D eigenvalue weighted by Gasteiger charge is -2.10. The van der Waals surface area contributed by atoms with E-state index in [1.54, 1.807) is 12.1 Å². The van der Waals surface area contributed by atoms with Gasteiger partial charge in [0.05, 0.1) is 10.5 Å². The second kappa shape index (κ2) is 10.9. The predicted molar refractivity (Wildman–Crippen MR) is 122 cm³/mol. The number of amides is 1. The fraction of sp³-hybridized carbons (Fsp3) is 0.130. The quantitative estimate of drug-likeness (QED) is 0.444. The molecule has 0 aliphatic carbocycles. The van der Waals surface area contributed by atoms with Crippen molar-refractivity contribution in [1.82, 2.24) is 5.32 Å². The Balaban J connectivity index is 1.52. The molecule has 7 nitrogen and oxygen atoms in total. The highest BCUT2D eigenvalue weighted by Gasteiger charge is 2.18. The van der Waals surface area contributed by atoms with Crippen molar-refractivity contribution in [3.05, 3.63) is 94.8 Å². The number of carbonyl (C=O) groups excluding carboxylic acids is 2. The third-order valence-corrected chi connectivity index (χ3v) is 6.09. The van der Waals surface area contributed by atoms with Crippen LogP contribution in [0.4, 0.5) is 10.1 Å². The molecule has 3 aromatic carbocycles. The van der Waals surface area contributed by atoms with Gasteiger partial charge in [0.2, 0.25) is 0 Å². The highest BCUT2D eigenvalue weighted by atomic mass is 35.5. The van der Waals surface area contributed by atoms with E-state index in [1.165, 1.54) is 30.3 Å². The Hall–Kier alpha value is -3.43. The van der Waals surface area contributed by atoms with Crippen molar-refractivity contribution in [3.63, 3.8) is 0 Å². The molecule has 2 N–H and O–H groups in total. The second-order valence-electron chi connectivity index (χ2n) is 6.94. The van der Waals surface area contributed by atoms with Crippen LogP contribution in [0, 0.1) is 5.82 Å². The summed E-state index contributed by atoms with van der Waals surface area (Å²) in [5, 5.41) is 3.26. The van der Waals surface area contributed by atoms with Gasteiger partial charge in [-0.1, -0.05) is 29.8 Å². The van der Waals surface area contributed by atoms with E-state index in [4.69, 9.17) is 16.3 Å². The van der Waals surface area contributed by atoms with E-state index in [2.05, 4.69) is 10.0 Å². The molecular weight excluding hydrogens is 471 g/mol. The molecule has 0 saturated heterocycles. The van der Waals surface area contributed by atoms with E-state index in [0.717, 1.165) is 23.8 Å². The first kappa shape index (κ1) is 24.2. The molecule has 0 bridgehead atoms. The Morgan fingerprint density at radius 1 is 0.970 bits per heavy atom. The maximum atomic E-state index is 13.0. The summed E-state index contributed by atoms with van der Waals surface area (Å²) in [5.74, 6) is -1.84. The fourth-order valence-corrected chi connectivity index (χ4v) is 4.02. The van der Waals surface area contributed by atoms with Crippen molar-refractivity contribution < 1.29 is 27.1 Å². The number of halogens is 2. The Morgan fingerprint density at radius 2 is 1.67 bits per heavy atom. The SMILES string of the molecule is O=C(COC(=O)c1cccc(S(=O)(=O)Nc2ccc(F)cc2)c1)NCCc1ccc(Cl)cc1. The number of rotatable bonds is 9. The van der Waals surface area contributed by atoms with Crippen LogP contribution in [0.15, 0.2) is 77.7 Å². The van der Waals surface area contributed by atoms with E-state index < -0.39 is 34.3 Å². The van der Waals surface area contributed by atoms with Gasteiger partial charge in [0, 0.05) is 17.3 Å². The molecule has 33 heavy (non-hydrogen) atoms. The number of benzene rings is 3. The zero-order chi connectivity index (χ0) is 23.8. The number of hydrogen-bond donors (Lipinski definition) is 2. The molecule has 0 radical (unpaired) electrons. The van der Waals surface area contributed by atoms with Gasteiger partial charge in [0.25, 0.3) is 15.9 Å². The lowest BCUT2D eigenvalue weighted by atomic mass is 10.1. The smallest absolute Gasteiger partial charge is 0.338 e. The molecule has 0 atom stereocenters. The molecule has 0 aromatic heterocycles. The summed E-state index contributed by atoms with van der Waals surface area (Å²) in [5.41, 5.74) is 1.12. The number of carbonyl (C=O) groups is 2. The topological polar surface area (TPSA) is 102 Å². The summed E-state index contributed by atoms with van der Waals surface area (Å²) in [7, 11) is -4.02. The average molecular weight is 491 g/mol. The van der Waals surface area contributed by atoms with Gasteiger partial charge in [-0.15, -0.1) is 0 Å². The third kappa shape index (κ3) is 7.30. The van der Waals surface area contributed by atoms with Crippen LogP contribution in [0.2, 0.25) is 5.02 Å². The number of nitrogens with one attached hydrogen (secondary N) is 2. The highest BCUT2D eigenvalue weighted by Crippen LogP contribution is 2.18. The highest BCUT2D eigenvalue weighted by molar-refractivity contribution is 7.92. The largest absolute Gasteiger partial charge is 0.452 e. The number of esters is 1. The number of anilines is 1. The Morgan fingerprint density at radius 3 is 2.36 bits per heavy atom. The van der Waals surface area contributed by atoms with Crippen molar-refractivity contribution in [2.45, 2.75) is 11.3 Å². The van der Waals surface area contributed by atoms with Crippen LogP contribution in [0.25, 0.3) is 0 Å². The van der Waals surface area contributed by atoms with Crippen LogP contribution in [-0.4, -0.2) is 33.4 Å². The van der Waals surface area contributed by atoms with Gasteiger partial charge < -0.3 is 10.1 Å². The van der Waals surface area contributed by atoms with Gasteiger partial charge in [-0.25, -0.2) is 17.6 Å². The first-order chi connectivity index (χ1) is 15.7. The summed E-state index contributed by atoms with van der Waals surface area (Å²) in [4.78, 5) is 24.0. The molecule has 0 saturated carbocycles. The number of ether oxygens (including phenoxy) is 1. The monoisotopic (exact) mass is 490 g/mol. The van der Waals surface area contributed by atoms with Crippen molar-refractivity contribution >= 4 is 39.2 Å². The van der Waals surface area contributed by atoms with E-state index in [0.29, 0.717) is 18.0 Å². The molecule has 172 valence electrons. The summed E-state index contributed by atoms with van der Waals surface area (Å²) >= 11 is 5.83. The van der Waals surface area contributed by atoms with Crippen molar-refractivity contribution in [2.24, 2.45) is 0 Å². The number of sulfonamides is 1.